The van der Waals surface area contributed by atoms with Crippen molar-refractivity contribution in [3.05, 3.63) is 63.2 Å². The molecule has 0 amide bonds. The van der Waals surface area contributed by atoms with E-state index in [2.05, 4.69) is 0 Å². The Hall–Kier alpha value is -2.50. The molecular weight excluding hydrogens is 416 g/mol. The van der Waals surface area contributed by atoms with Gasteiger partial charge in [0.2, 0.25) is 0 Å². The average molecular weight is 457 g/mol. The van der Waals surface area contributed by atoms with Crippen LogP contribution in [0.2, 0.25) is 0 Å². The van der Waals surface area contributed by atoms with Crippen molar-refractivity contribution in [1.29, 1.82) is 0 Å². The van der Waals surface area contributed by atoms with Gasteiger partial charge in [-0.2, -0.15) is 0 Å². The minimum atomic E-state index is -0.838. The van der Waals surface area contributed by atoms with Crippen LogP contribution in [0.4, 0.5) is 0 Å². The van der Waals surface area contributed by atoms with Gasteiger partial charge in [-0.25, -0.2) is 4.79 Å². The Morgan fingerprint density at radius 1 is 0.848 bits per heavy atom. The number of Topliss-reactive ketones (excluding diaryl/α,β-unsaturated/α-hetero) is 1. The van der Waals surface area contributed by atoms with Crippen LogP contribution in [0.3, 0.4) is 0 Å². The van der Waals surface area contributed by atoms with Gasteiger partial charge in [-0.15, -0.1) is 0 Å². The minimum absolute atomic E-state index is 0.0341. The van der Waals surface area contributed by atoms with Crippen LogP contribution in [-0.2, 0) is 4.79 Å². The number of hydrogen-bond acceptors (Lipinski definition) is 5. The molecule has 2 rings (SSSR count). The van der Waals surface area contributed by atoms with Crippen LogP contribution in [-0.4, -0.2) is 34.7 Å². The Morgan fingerprint density at radius 3 is 1.58 bits per heavy atom. The number of carbonyl (C=O) groups excluding carboxylic acids is 2. The second kappa shape index (κ2) is 11.6. The van der Waals surface area contributed by atoms with Crippen LogP contribution in [0.15, 0.2) is 24.3 Å². The van der Waals surface area contributed by atoms with E-state index in [0.29, 0.717) is 11.3 Å². The van der Waals surface area contributed by atoms with Gasteiger partial charge in [0.1, 0.15) is 5.75 Å². The molecule has 33 heavy (non-hydrogen) atoms. The molecule has 1 unspecified atom stereocenters. The summed E-state index contributed by atoms with van der Waals surface area (Å²) in [4.78, 5) is 24.8. The summed E-state index contributed by atoms with van der Waals surface area (Å²) in [6.45, 7) is 19.0. The van der Waals surface area contributed by atoms with Gasteiger partial charge < -0.3 is 14.9 Å². The van der Waals surface area contributed by atoms with Gasteiger partial charge in [-0.3, -0.25) is 4.79 Å². The molecule has 5 nitrogen and oxygen atoms in total. The van der Waals surface area contributed by atoms with E-state index in [-0.39, 0.29) is 17.9 Å². The molecule has 1 atom stereocenters. The summed E-state index contributed by atoms with van der Waals surface area (Å²) >= 11 is 0. The van der Waals surface area contributed by atoms with Crippen molar-refractivity contribution in [3.63, 3.8) is 0 Å². The number of esters is 1. The molecule has 0 radical (unpaired) electrons. The molecule has 2 aromatic rings. The second-order valence-electron chi connectivity index (χ2n) is 10.1. The van der Waals surface area contributed by atoms with Crippen molar-refractivity contribution in [3.8, 4) is 5.75 Å². The fourth-order valence-corrected chi connectivity index (χ4v) is 4.10. The predicted molar refractivity (Wildman–Crippen MR) is 133 cm³/mol. The molecule has 0 bridgehead atoms. The molecular formula is C28H40O5. The fourth-order valence-electron chi connectivity index (χ4n) is 4.10. The Morgan fingerprint density at radius 2 is 1.24 bits per heavy atom. The van der Waals surface area contributed by atoms with Gasteiger partial charge in [-0.1, -0.05) is 63.1 Å². The molecule has 0 saturated carbocycles. The Labute approximate surface area is 198 Å². The standard InChI is InChI=1S/C20H22O3.C8H18O2/c1-11-7-13(3)17(14(4)8-11)18(21)20(22)23-19-15(5)9-12(2)10-16(19)6;1-6(2)7(10)8(3,4)5-9/h7-10H,1-6H3;6-7,9-10H,5H2,1-4H3. The summed E-state index contributed by atoms with van der Waals surface area (Å²) in [6, 6.07) is 7.66. The molecule has 0 heterocycles. The van der Waals surface area contributed by atoms with Crippen molar-refractivity contribution >= 4 is 11.8 Å². The molecule has 2 aromatic carbocycles. The topological polar surface area (TPSA) is 83.8 Å². The lowest BCUT2D eigenvalue weighted by Gasteiger charge is -2.30. The number of ketones is 1. The Bertz CT molecular complexity index is 955. The van der Waals surface area contributed by atoms with Gasteiger partial charge in [0, 0.05) is 11.0 Å². The molecule has 2 N–H and O–H groups in total. The first-order valence-corrected chi connectivity index (χ1v) is 11.3. The highest BCUT2D eigenvalue weighted by molar-refractivity contribution is 6.41. The molecule has 0 fully saturated rings. The molecule has 0 spiro atoms. The number of ether oxygens (including phenoxy) is 1. The van der Waals surface area contributed by atoms with Crippen molar-refractivity contribution < 1.29 is 24.5 Å². The third-order valence-corrected chi connectivity index (χ3v) is 5.73. The Balaban J connectivity index is 0.000000461. The predicted octanol–water partition coefficient (Wildman–Crippen LogP) is 5.35. The first-order valence-electron chi connectivity index (χ1n) is 11.3. The van der Waals surface area contributed by atoms with Crippen LogP contribution in [0, 0.1) is 52.9 Å². The highest BCUT2D eigenvalue weighted by atomic mass is 16.5. The summed E-state index contributed by atoms with van der Waals surface area (Å²) in [5.74, 6) is -0.756. The summed E-state index contributed by atoms with van der Waals surface area (Å²) in [6.07, 6.45) is -0.419. The number of aliphatic hydroxyl groups excluding tert-OH is 2. The van der Waals surface area contributed by atoms with Crippen LogP contribution in [0.5, 0.6) is 5.75 Å². The zero-order valence-electron chi connectivity index (χ0n) is 21.8. The van der Waals surface area contributed by atoms with Crippen molar-refractivity contribution in [2.24, 2.45) is 11.3 Å². The maximum Gasteiger partial charge on any atom is 0.385 e. The molecule has 0 aliphatic carbocycles. The monoisotopic (exact) mass is 456 g/mol. The largest absolute Gasteiger partial charge is 0.420 e. The average Bonchev–Trinajstić information content (AvgIpc) is 2.69. The number of aliphatic hydroxyl groups is 2. The zero-order chi connectivity index (χ0) is 25.7. The van der Waals surface area contributed by atoms with E-state index in [1.807, 2.05) is 93.5 Å². The van der Waals surface area contributed by atoms with Crippen LogP contribution in [0.25, 0.3) is 0 Å². The number of benzene rings is 2. The van der Waals surface area contributed by atoms with E-state index in [1.165, 1.54) is 0 Å². The van der Waals surface area contributed by atoms with Crippen LogP contribution in [0.1, 0.15) is 71.4 Å². The van der Waals surface area contributed by atoms with E-state index in [0.717, 1.165) is 33.4 Å². The summed E-state index contributed by atoms with van der Waals surface area (Å²) in [7, 11) is 0. The quantitative estimate of drug-likeness (QED) is 0.265. The maximum atomic E-state index is 12.5. The highest BCUT2D eigenvalue weighted by Gasteiger charge is 2.29. The molecule has 0 aromatic heterocycles. The maximum absolute atomic E-state index is 12.5. The molecule has 0 saturated heterocycles. The first-order chi connectivity index (χ1) is 15.1. The van der Waals surface area contributed by atoms with Gasteiger partial charge in [0.25, 0.3) is 5.78 Å². The molecule has 5 heteroatoms. The molecule has 0 aliphatic rings. The Kier molecular flexibility index (Phi) is 10.0. The van der Waals surface area contributed by atoms with E-state index in [4.69, 9.17) is 9.84 Å². The van der Waals surface area contributed by atoms with Gasteiger partial charge in [0.15, 0.2) is 0 Å². The number of aryl methyl sites for hydroxylation is 6. The van der Waals surface area contributed by atoms with Gasteiger partial charge in [0.05, 0.1) is 12.7 Å². The first kappa shape index (κ1) is 28.5. The summed E-state index contributed by atoms with van der Waals surface area (Å²) in [5, 5.41) is 18.3. The normalized spacial score (nSPS) is 12.2. The van der Waals surface area contributed by atoms with E-state index >= 15 is 0 Å². The fraction of sp³-hybridized carbons (Fsp3) is 0.500. The highest BCUT2D eigenvalue weighted by Crippen LogP contribution is 2.26. The van der Waals surface area contributed by atoms with Crippen molar-refractivity contribution in [2.75, 3.05) is 6.61 Å². The van der Waals surface area contributed by atoms with Crippen LogP contribution >= 0.6 is 0 Å². The summed E-state index contributed by atoms with van der Waals surface area (Å²) in [5.41, 5.74) is 5.51. The smallest absolute Gasteiger partial charge is 0.385 e. The number of carbonyl (C=O) groups is 2. The number of rotatable bonds is 6. The lowest BCUT2D eigenvalue weighted by atomic mass is 9.82. The third-order valence-electron chi connectivity index (χ3n) is 5.73. The third kappa shape index (κ3) is 7.51. The van der Waals surface area contributed by atoms with Gasteiger partial charge >= 0.3 is 5.97 Å². The lowest BCUT2D eigenvalue weighted by Crippen LogP contribution is -2.36. The van der Waals surface area contributed by atoms with E-state index in [1.54, 1.807) is 0 Å². The second-order valence-corrected chi connectivity index (χ2v) is 10.1. The molecule has 182 valence electrons. The SMILES string of the molecule is CC(C)C(O)C(C)(C)CO.Cc1cc(C)c(OC(=O)C(=O)c2c(C)cc(C)cc2C)c(C)c1. The van der Waals surface area contributed by atoms with E-state index in [9.17, 15) is 14.7 Å². The van der Waals surface area contributed by atoms with Crippen molar-refractivity contribution in [2.45, 2.75) is 75.3 Å². The summed E-state index contributed by atoms with van der Waals surface area (Å²) < 4.78 is 5.40. The molecule has 0 aliphatic heterocycles. The van der Waals surface area contributed by atoms with Gasteiger partial charge in [-0.05, 0) is 69.7 Å². The minimum Gasteiger partial charge on any atom is -0.420 e. The zero-order valence-corrected chi connectivity index (χ0v) is 21.8. The van der Waals surface area contributed by atoms with Crippen LogP contribution < -0.4 is 4.74 Å². The van der Waals surface area contributed by atoms with E-state index < -0.39 is 17.9 Å². The van der Waals surface area contributed by atoms with Crippen molar-refractivity contribution in [1.82, 2.24) is 0 Å². The number of hydrogen-bond donors (Lipinski definition) is 2. The lowest BCUT2D eigenvalue weighted by molar-refractivity contribution is -0.129.